The summed E-state index contributed by atoms with van der Waals surface area (Å²) in [6.45, 7) is 1.60. The largest absolute Gasteiger partial charge is 0.480 e. The second kappa shape index (κ2) is 12.6. The van der Waals surface area contributed by atoms with Crippen LogP contribution in [-0.4, -0.2) is 47.0 Å². The summed E-state index contributed by atoms with van der Waals surface area (Å²) in [4.78, 5) is 38.8. The van der Waals surface area contributed by atoms with E-state index in [9.17, 15) is 19.5 Å². The Morgan fingerprint density at radius 3 is 2.18 bits per heavy atom. The molecule has 0 fully saturated rings. The molecule has 196 valence electrons. The molecule has 1 heterocycles. The quantitative estimate of drug-likeness (QED) is 0.348. The fourth-order valence-corrected chi connectivity index (χ4v) is 4.81. The number of hydrogen-bond acceptors (Lipinski definition) is 3. The third-order valence-electron chi connectivity index (χ3n) is 6.34. The number of nitrogens with one attached hydrogen (secondary N) is 2. The lowest BCUT2D eigenvalue weighted by Crippen LogP contribution is -2.42. The third kappa shape index (κ3) is 6.94. The first kappa shape index (κ1) is 27.2. The first-order valence-electron chi connectivity index (χ1n) is 12.1. The van der Waals surface area contributed by atoms with Crippen molar-refractivity contribution in [2.45, 2.75) is 25.4 Å². The lowest BCUT2D eigenvalue weighted by molar-refractivity contribution is -0.139. The van der Waals surface area contributed by atoms with Gasteiger partial charge in [0.15, 0.2) is 0 Å². The molecule has 3 aromatic rings. The Labute approximate surface area is 231 Å². The summed E-state index contributed by atoms with van der Waals surface area (Å²) in [6.07, 6.45) is 2.84. The van der Waals surface area contributed by atoms with E-state index in [1.807, 2.05) is 60.7 Å². The molecular formula is C29H27Cl2N3O4. The van der Waals surface area contributed by atoms with Gasteiger partial charge >= 0.3 is 12.0 Å². The maximum atomic E-state index is 12.7. The molecule has 0 aromatic heterocycles. The van der Waals surface area contributed by atoms with E-state index in [2.05, 4.69) is 10.6 Å². The number of nitrogens with zero attached hydrogens (tertiary/aromatic N) is 1. The summed E-state index contributed by atoms with van der Waals surface area (Å²) in [6, 6.07) is 20.7. The number of carbonyl (C=O) groups excluding carboxylic acids is 2. The lowest BCUT2D eigenvalue weighted by atomic mass is 9.97. The molecule has 0 saturated heterocycles. The minimum absolute atomic E-state index is 0.0458. The van der Waals surface area contributed by atoms with Crippen LogP contribution in [0, 0.1) is 0 Å². The average Bonchev–Trinajstić information content (AvgIpc) is 2.92. The second-order valence-corrected chi connectivity index (χ2v) is 9.75. The van der Waals surface area contributed by atoms with Gasteiger partial charge in [0, 0.05) is 26.1 Å². The molecule has 0 radical (unpaired) electrons. The van der Waals surface area contributed by atoms with E-state index in [0.29, 0.717) is 26.1 Å². The van der Waals surface area contributed by atoms with Crippen LogP contribution in [0.3, 0.4) is 0 Å². The Morgan fingerprint density at radius 2 is 1.58 bits per heavy atom. The van der Waals surface area contributed by atoms with E-state index in [1.165, 1.54) is 12.1 Å². The van der Waals surface area contributed by atoms with Crippen molar-refractivity contribution in [3.63, 3.8) is 0 Å². The summed E-state index contributed by atoms with van der Waals surface area (Å²) in [5, 5.41) is 15.4. The molecule has 0 spiro atoms. The van der Waals surface area contributed by atoms with Crippen LogP contribution in [0.5, 0.6) is 0 Å². The third-order valence-corrected chi connectivity index (χ3v) is 6.97. The zero-order valence-electron chi connectivity index (χ0n) is 20.5. The number of aliphatic carboxylic acids is 1. The highest BCUT2D eigenvalue weighted by molar-refractivity contribution is 6.39. The van der Waals surface area contributed by atoms with Crippen LogP contribution in [0.2, 0.25) is 10.0 Å². The molecule has 3 aromatic carbocycles. The Kier molecular flexibility index (Phi) is 9.05. The van der Waals surface area contributed by atoms with Crippen LogP contribution in [0.4, 0.5) is 4.79 Å². The monoisotopic (exact) mass is 551 g/mol. The van der Waals surface area contributed by atoms with Gasteiger partial charge in [-0.3, -0.25) is 4.79 Å². The van der Waals surface area contributed by atoms with Gasteiger partial charge in [0.25, 0.3) is 5.91 Å². The van der Waals surface area contributed by atoms with Crippen molar-refractivity contribution in [3.8, 4) is 0 Å². The highest BCUT2D eigenvalue weighted by atomic mass is 35.5. The second-order valence-electron chi connectivity index (χ2n) is 8.93. The SMILES string of the molecule is O=C(N[C@@H](Cc1ccc(C2=CCN(C(=O)NCc3ccccc3)CC2)cc1)C(=O)O)c1c(Cl)cccc1Cl. The zero-order valence-corrected chi connectivity index (χ0v) is 22.0. The van der Waals surface area contributed by atoms with Gasteiger partial charge in [-0.2, -0.15) is 0 Å². The van der Waals surface area contributed by atoms with Crippen molar-refractivity contribution in [3.05, 3.63) is 111 Å². The van der Waals surface area contributed by atoms with E-state index < -0.39 is 17.9 Å². The maximum Gasteiger partial charge on any atom is 0.326 e. The molecule has 3 amide bonds. The van der Waals surface area contributed by atoms with E-state index in [4.69, 9.17) is 23.2 Å². The first-order chi connectivity index (χ1) is 18.3. The number of rotatable bonds is 8. The fourth-order valence-electron chi connectivity index (χ4n) is 4.24. The average molecular weight is 552 g/mol. The number of carboxylic acid groups (broad SMARTS) is 1. The summed E-state index contributed by atoms with van der Waals surface area (Å²) in [5.41, 5.74) is 3.98. The maximum absolute atomic E-state index is 12.7. The predicted octanol–water partition coefficient (Wildman–Crippen LogP) is 5.42. The molecule has 1 aliphatic rings. The summed E-state index contributed by atoms with van der Waals surface area (Å²) < 4.78 is 0. The lowest BCUT2D eigenvalue weighted by Gasteiger charge is -2.27. The van der Waals surface area contributed by atoms with Gasteiger partial charge in [-0.05, 0) is 40.8 Å². The molecule has 0 unspecified atom stereocenters. The minimum Gasteiger partial charge on any atom is -0.480 e. The normalized spacial score (nSPS) is 13.8. The first-order valence-corrected chi connectivity index (χ1v) is 12.9. The molecule has 1 atom stereocenters. The standard InChI is InChI=1S/C29H27Cl2N3O4/c30-23-7-4-8-24(31)26(23)27(35)33-25(28(36)37)17-19-9-11-21(12-10-19)22-13-15-34(16-14-22)29(38)32-18-20-5-2-1-3-6-20/h1-13,25H,14-18H2,(H,32,38)(H,33,35)(H,36,37)/t25-/m0/s1. The van der Waals surface area contributed by atoms with Crippen LogP contribution in [0.1, 0.15) is 33.5 Å². The predicted molar refractivity (Wildman–Crippen MR) is 148 cm³/mol. The van der Waals surface area contributed by atoms with Gasteiger partial charge in [-0.15, -0.1) is 0 Å². The van der Waals surface area contributed by atoms with Gasteiger partial charge < -0.3 is 20.6 Å². The number of benzene rings is 3. The molecule has 0 aliphatic carbocycles. The number of halogens is 2. The smallest absolute Gasteiger partial charge is 0.326 e. The van der Waals surface area contributed by atoms with Gasteiger partial charge in [0.1, 0.15) is 6.04 Å². The van der Waals surface area contributed by atoms with Crippen LogP contribution in [0.25, 0.3) is 5.57 Å². The molecule has 0 saturated carbocycles. The zero-order chi connectivity index (χ0) is 27.1. The van der Waals surface area contributed by atoms with Crippen LogP contribution >= 0.6 is 23.2 Å². The van der Waals surface area contributed by atoms with Crippen molar-refractivity contribution in [2.24, 2.45) is 0 Å². The van der Waals surface area contributed by atoms with E-state index >= 15 is 0 Å². The Morgan fingerprint density at radius 1 is 0.895 bits per heavy atom. The summed E-state index contributed by atoms with van der Waals surface area (Å²) >= 11 is 12.2. The molecule has 1 aliphatic heterocycles. The van der Waals surface area contributed by atoms with Gasteiger partial charge in [-0.25, -0.2) is 9.59 Å². The topological polar surface area (TPSA) is 98.7 Å². The van der Waals surface area contributed by atoms with E-state index in [1.54, 1.807) is 11.0 Å². The van der Waals surface area contributed by atoms with Crippen LogP contribution < -0.4 is 10.6 Å². The number of carbonyl (C=O) groups is 3. The van der Waals surface area contributed by atoms with Gasteiger partial charge in [0.05, 0.1) is 15.6 Å². The van der Waals surface area contributed by atoms with Crippen molar-refractivity contribution in [1.82, 2.24) is 15.5 Å². The van der Waals surface area contributed by atoms with Crippen molar-refractivity contribution < 1.29 is 19.5 Å². The van der Waals surface area contributed by atoms with Crippen molar-refractivity contribution in [2.75, 3.05) is 13.1 Å². The number of amides is 3. The van der Waals surface area contributed by atoms with E-state index in [-0.39, 0.29) is 28.1 Å². The van der Waals surface area contributed by atoms with Crippen molar-refractivity contribution >= 4 is 46.7 Å². The van der Waals surface area contributed by atoms with Crippen LogP contribution in [-0.2, 0) is 17.8 Å². The number of hydrogen-bond donors (Lipinski definition) is 3. The molecule has 9 heteroatoms. The molecule has 4 rings (SSSR count). The van der Waals surface area contributed by atoms with Crippen molar-refractivity contribution in [1.29, 1.82) is 0 Å². The minimum atomic E-state index is -1.16. The molecule has 38 heavy (non-hydrogen) atoms. The van der Waals surface area contributed by atoms with Gasteiger partial charge in [-0.1, -0.05) is 89.9 Å². The Bertz CT molecular complexity index is 1320. The molecule has 7 nitrogen and oxygen atoms in total. The summed E-state index contributed by atoms with van der Waals surface area (Å²) in [5.74, 6) is -1.81. The number of carboxylic acids is 1. The fraction of sp³-hybridized carbons (Fsp3) is 0.207. The Balaban J connectivity index is 1.33. The summed E-state index contributed by atoms with van der Waals surface area (Å²) in [7, 11) is 0. The molecular weight excluding hydrogens is 525 g/mol. The van der Waals surface area contributed by atoms with E-state index in [0.717, 1.165) is 22.3 Å². The Hall–Kier alpha value is -3.81. The molecule has 3 N–H and O–H groups in total. The number of urea groups is 1. The highest BCUT2D eigenvalue weighted by Gasteiger charge is 2.24. The molecule has 0 bridgehead atoms. The van der Waals surface area contributed by atoms with Gasteiger partial charge in [0.2, 0.25) is 0 Å². The highest BCUT2D eigenvalue weighted by Crippen LogP contribution is 2.25. The van der Waals surface area contributed by atoms with Crippen LogP contribution in [0.15, 0.2) is 78.9 Å².